The molecule has 0 saturated heterocycles. The van der Waals surface area contributed by atoms with Gasteiger partial charge in [0.2, 0.25) is 5.91 Å². The Labute approximate surface area is 129 Å². The highest BCUT2D eigenvalue weighted by molar-refractivity contribution is 5.99. The maximum Gasteiger partial charge on any atom is 0.247 e. The van der Waals surface area contributed by atoms with Crippen molar-refractivity contribution >= 4 is 23.1 Å². The minimum atomic E-state index is -0.214. The average Bonchev–Trinajstić information content (AvgIpc) is 2.54. The zero-order valence-electron chi connectivity index (χ0n) is 12.5. The maximum atomic E-state index is 11.4. The molecule has 0 saturated carbocycles. The van der Waals surface area contributed by atoms with E-state index in [9.17, 15) is 4.79 Å². The lowest BCUT2D eigenvalue weighted by atomic mass is 10.1. The van der Waals surface area contributed by atoms with Gasteiger partial charge in [0.05, 0.1) is 0 Å². The highest BCUT2D eigenvalue weighted by atomic mass is 16.1. The zero-order chi connectivity index (χ0) is 15.5. The summed E-state index contributed by atoms with van der Waals surface area (Å²) in [5, 5.41) is 2.79. The van der Waals surface area contributed by atoms with Gasteiger partial charge in [0.1, 0.15) is 11.6 Å². The first-order valence-electron chi connectivity index (χ1n) is 7.31. The lowest BCUT2D eigenvalue weighted by Crippen LogP contribution is -2.26. The van der Waals surface area contributed by atoms with E-state index >= 15 is 0 Å². The fourth-order valence-corrected chi connectivity index (χ4v) is 2.62. The second-order valence-corrected chi connectivity index (χ2v) is 5.26. The third-order valence-corrected chi connectivity index (χ3v) is 3.66. The summed E-state index contributed by atoms with van der Waals surface area (Å²) in [7, 11) is 0. The molecule has 1 aromatic carbocycles. The number of anilines is 3. The van der Waals surface area contributed by atoms with Crippen molar-refractivity contribution in [2.24, 2.45) is 0 Å². The van der Waals surface area contributed by atoms with E-state index in [0.717, 1.165) is 48.0 Å². The first kappa shape index (κ1) is 14.3. The van der Waals surface area contributed by atoms with Gasteiger partial charge in [-0.1, -0.05) is 12.6 Å². The molecule has 2 heterocycles. The van der Waals surface area contributed by atoms with Crippen LogP contribution in [-0.2, 0) is 11.2 Å². The van der Waals surface area contributed by atoms with Crippen molar-refractivity contribution in [3.8, 4) is 0 Å². The number of fused-ring (bicyclic) bond motifs is 1. The summed E-state index contributed by atoms with van der Waals surface area (Å²) in [6.07, 6.45) is 5.23. The first-order valence-corrected chi connectivity index (χ1v) is 7.31. The minimum absolute atomic E-state index is 0.214. The Balaban J connectivity index is 1.95. The Morgan fingerprint density at radius 3 is 3.14 bits per heavy atom. The van der Waals surface area contributed by atoms with E-state index in [2.05, 4.69) is 26.8 Å². The Morgan fingerprint density at radius 2 is 2.32 bits per heavy atom. The van der Waals surface area contributed by atoms with E-state index in [1.165, 1.54) is 6.08 Å². The summed E-state index contributed by atoms with van der Waals surface area (Å²) in [6, 6.07) is 7.77. The molecular formula is C17H18N4O. The van der Waals surface area contributed by atoms with Crippen LogP contribution in [0.1, 0.15) is 17.8 Å². The lowest BCUT2D eigenvalue weighted by molar-refractivity contribution is -0.111. The largest absolute Gasteiger partial charge is 0.326 e. The number of carbonyl (C=O) groups excluding carboxylic acids is 1. The van der Waals surface area contributed by atoms with Gasteiger partial charge >= 0.3 is 0 Å². The zero-order valence-corrected chi connectivity index (χ0v) is 12.5. The third kappa shape index (κ3) is 2.83. The molecule has 0 spiro atoms. The van der Waals surface area contributed by atoms with Crippen molar-refractivity contribution in [2.75, 3.05) is 16.8 Å². The number of benzene rings is 1. The molecule has 0 aliphatic carbocycles. The van der Waals surface area contributed by atoms with Crippen LogP contribution >= 0.6 is 0 Å². The van der Waals surface area contributed by atoms with E-state index in [0.29, 0.717) is 0 Å². The molecule has 1 N–H and O–H groups in total. The second kappa shape index (κ2) is 5.97. The van der Waals surface area contributed by atoms with Crippen LogP contribution in [0.4, 0.5) is 17.2 Å². The van der Waals surface area contributed by atoms with E-state index in [-0.39, 0.29) is 5.91 Å². The van der Waals surface area contributed by atoms with Gasteiger partial charge < -0.3 is 10.2 Å². The summed E-state index contributed by atoms with van der Waals surface area (Å²) in [4.78, 5) is 22.5. The van der Waals surface area contributed by atoms with Crippen LogP contribution in [-0.4, -0.2) is 22.4 Å². The van der Waals surface area contributed by atoms with Gasteiger partial charge in [0.15, 0.2) is 0 Å². The van der Waals surface area contributed by atoms with E-state index in [1.807, 2.05) is 37.4 Å². The fourth-order valence-electron chi connectivity index (χ4n) is 2.62. The molecule has 5 nitrogen and oxygen atoms in total. The molecule has 0 radical (unpaired) electrons. The fraction of sp³-hybridized carbons (Fsp3) is 0.235. The average molecular weight is 294 g/mol. The monoisotopic (exact) mass is 294 g/mol. The molecule has 2 aromatic rings. The van der Waals surface area contributed by atoms with Gasteiger partial charge in [-0.15, -0.1) is 0 Å². The molecule has 1 aliphatic heterocycles. The van der Waals surface area contributed by atoms with Crippen LogP contribution in [0, 0.1) is 6.92 Å². The maximum absolute atomic E-state index is 11.4. The van der Waals surface area contributed by atoms with E-state index in [4.69, 9.17) is 0 Å². The van der Waals surface area contributed by atoms with Crippen molar-refractivity contribution < 1.29 is 4.79 Å². The topological polar surface area (TPSA) is 58.1 Å². The van der Waals surface area contributed by atoms with Crippen molar-refractivity contribution in [3.05, 3.63) is 54.5 Å². The van der Waals surface area contributed by atoms with E-state index in [1.54, 1.807) is 0 Å². The van der Waals surface area contributed by atoms with Crippen LogP contribution in [0.3, 0.4) is 0 Å². The molecule has 0 atom stereocenters. The third-order valence-electron chi connectivity index (χ3n) is 3.66. The summed E-state index contributed by atoms with van der Waals surface area (Å²) in [5.41, 5.74) is 2.93. The molecule has 1 amide bonds. The first-order chi connectivity index (χ1) is 10.7. The number of carbonyl (C=O) groups is 1. The van der Waals surface area contributed by atoms with Crippen LogP contribution in [0.15, 0.2) is 43.1 Å². The van der Waals surface area contributed by atoms with Crippen LogP contribution < -0.4 is 10.2 Å². The van der Waals surface area contributed by atoms with Crippen molar-refractivity contribution in [1.82, 2.24) is 9.97 Å². The lowest BCUT2D eigenvalue weighted by Gasteiger charge is -2.30. The van der Waals surface area contributed by atoms with Gasteiger partial charge in [0, 0.05) is 29.7 Å². The van der Waals surface area contributed by atoms with Gasteiger partial charge in [-0.05, 0) is 44.0 Å². The summed E-state index contributed by atoms with van der Waals surface area (Å²) < 4.78 is 0. The Kier molecular flexibility index (Phi) is 3.87. The highest BCUT2D eigenvalue weighted by Crippen LogP contribution is 2.32. The van der Waals surface area contributed by atoms with Crippen LogP contribution in [0.2, 0.25) is 0 Å². The van der Waals surface area contributed by atoms with E-state index < -0.39 is 0 Å². The predicted octanol–water partition coefficient (Wildman–Crippen LogP) is 2.99. The molecule has 1 aliphatic rings. The number of hydrogen-bond donors (Lipinski definition) is 1. The predicted molar refractivity (Wildman–Crippen MR) is 87.4 cm³/mol. The Hall–Kier alpha value is -2.69. The smallest absolute Gasteiger partial charge is 0.247 e. The molecule has 0 bridgehead atoms. The SMILES string of the molecule is C=CC(=O)Nc1cccc(N2CCCc3cnc(C)nc32)c1. The number of amides is 1. The number of aromatic nitrogens is 2. The van der Waals surface area contributed by atoms with Crippen LogP contribution in [0.25, 0.3) is 0 Å². The minimum Gasteiger partial charge on any atom is -0.326 e. The molecule has 1 aromatic heterocycles. The number of nitrogens with zero attached hydrogens (tertiary/aromatic N) is 3. The normalized spacial score (nSPS) is 13.4. The van der Waals surface area contributed by atoms with Crippen molar-refractivity contribution in [1.29, 1.82) is 0 Å². The van der Waals surface area contributed by atoms with Crippen LogP contribution in [0.5, 0.6) is 0 Å². The molecule has 3 rings (SSSR count). The number of hydrogen-bond acceptors (Lipinski definition) is 4. The van der Waals surface area contributed by atoms with Gasteiger partial charge in [0.25, 0.3) is 0 Å². The molecule has 0 fully saturated rings. The molecule has 22 heavy (non-hydrogen) atoms. The Bertz CT molecular complexity index is 726. The Morgan fingerprint density at radius 1 is 1.45 bits per heavy atom. The van der Waals surface area contributed by atoms with Gasteiger partial charge in [-0.2, -0.15) is 0 Å². The molecular weight excluding hydrogens is 276 g/mol. The quantitative estimate of drug-likeness (QED) is 0.884. The molecule has 112 valence electrons. The van der Waals surface area contributed by atoms with Gasteiger partial charge in [-0.3, -0.25) is 4.79 Å². The molecule has 0 unspecified atom stereocenters. The van der Waals surface area contributed by atoms with Gasteiger partial charge in [-0.25, -0.2) is 9.97 Å². The molecule has 5 heteroatoms. The summed E-state index contributed by atoms with van der Waals surface area (Å²) in [6.45, 7) is 6.27. The second-order valence-electron chi connectivity index (χ2n) is 5.26. The number of nitrogens with one attached hydrogen (secondary N) is 1. The number of aryl methyl sites for hydroxylation is 2. The van der Waals surface area contributed by atoms with Crippen molar-refractivity contribution in [3.63, 3.8) is 0 Å². The summed E-state index contributed by atoms with van der Waals surface area (Å²) >= 11 is 0. The standard InChI is InChI=1S/C17H18N4O/c1-3-16(22)20-14-7-4-8-15(10-14)21-9-5-6-13-11-18-12(2)19-17(13)21/h3-4,7-8,10-11H,1,5-6,9H2,2H3,(H,20,22). The highest BCUT2D eigenvalue weighted by Gasteiger charge is 2.20. The number of rotatable bonds is 3. The van der Waals surface area contributed by atoms with Crippen molar-refractivity contribution in [2.45, 2.75) is 19.8 Å². The summed E-state index contributed by atoms with van der Waals surface area (Å²) in [5.74, 6) is 1.52.